The average Bonchev–Trinajstić information content (AvgIpc) is 2.97. The van der Waals surface area contributed by atoms with Gasteiger partial charge in [0.05, 0.1) is 7.11 Å². The number of ether oxygens (including phenoxy) is 2. The fourth-order valence-electron chi connectivity index (χ4n) is 4.55. The van der Waals surface area contributed by atoms with Gasteiger partial charge in [0.15, 0.2) is 0 Å². The summed E-state index contributed by atoms with van der Waals surface area (Å²) < 4.78 is 24.3. The number of nitrogens with two attached hydrogens (primary N) is 1. The highest BCUT2D eigenvalue weighted by Crippen LogP contribution is 2.27. The minimum Gasteiger partial charge on any atom is -0.489 e. The number of halogens is 1. The molecule has 2 aromatic rings. The predicted molar refractivity (Wildman–Crippen MR) is 145 cm³/mol. The summed E-state index contributed by atoms with van der Waals surface area (Å²) in [6, 6.07) is 3.82. The zero-order valence-electron chi connectivity index (χ0n) is 23.3. The minimum absolute atomic E-state index is 0.0272. The molecule has 9 nitrogen and oxygen atoms in total. The minimum atomic E-state index is -0.641. The SMILES string of the molecule is CC.CC.COC(=O)c1cc(F)ccc1OC1CCN(C(=O)C2CCN(Cc3cnc(N)nc3)CC2)CC1. The van der Waals surface area contributed by atoms with Gasteiger partial charge in [0, 0.05) is 56.4 Å². The van der Waals surface area contributed by atoms with Crippen molar-refractivity contribution in [3.05, 3.63) is 47.5 Å². The number of methoxy groups -OCH3 is 1. The maximum Gasteiger partial charge on any atom is 0.341 e. The first-order valence-corrected chi connectivity index (χ1v) is 13.5. The third kappa shape index (κ3) is 8.65. The van der Waals surface area contributed by atoms with E-state index in [4.69, 9.17) is 15.2 Å². The van der Waals surface area contributed by atoms with Gasteiger partial charge in [-0.3, -0.25) is 9.69 Å². The van der Waals surface area contributed by atoms with Crippen LogP contribution in [0.5, 0.6) is 5.75 Å². The van der Waals surface area contributed by atoms with E-state index in [-0.39, 0.29) is 29.4 Å². The van der Waals surface area contributed by atoms with Gasteiger partial charge in [0.2, 0.25) is 11.9 Å². The summed E-state index contributed by atoms with van der Waals surface area (Å²) in [5, 5.41) is 0. The standard InChI is InChI=1S/C24H30FN5O4.2C2H6/c1-33-23(32)20-12-18(25)2-3-21(20)34-19-6-10-30(11-7-19)22(31)17-4-8-29(9-5-17)15-16-13-27-24(26)28-14-16;2*1-2/h2-3,12-14,17,19H,4-11,15H2,1H3,(H2,26,27,28);2*1-2H3. The lowest BCUT2D eigenvalue weighted by Gasteiger charge is -2.37. The van der Waals surface area contributed by atoms with Gasteiger partial charge in [-0.2, -0.15) is 0 Å². The van der Waals surface area contributed by atoms with Gasteiger partial charge in [-0.15, -0.1) is 0 Å². The van der Waals surface area contributed by atoms with Crippen LogP contribution in [0.15, 0.2) is 30.6 Å². The highest BCUT2D eigenvalue weighted by molar-refractivity contribution is 5.92. The molecule has 0 atom stereocenters. The molecular formula is C28H42FN5O4. The summed E-state index contributed by atoms with van der Waals surface area (Å²) in [6.45, 7) is 11.6. The van der Waals surface area contributed by atoms with Crippen molar-refractivity contribution >= 4 is 17.8 Å². The number of likely N-dealkylation sites (tertiary alicyclic amines) is 2. The number of carbonyl (C=O) groups excluding carboxylic acids is 2. The quantitative estimate of drug-likeness (QED) is 0.549. The molecule has 2 N–H and O–H groups in total. The Morgan fingerprint density at radius 1 is 1.00 bits per heavy atom. The van der Waals surface area contributed by atoms with E-state index in [1.54, 1.807) is 12.4 Å². The van der Waals surface area contributed by atoms with Crippen molar-refractivity contribution in [1.82, 2.24) is 19.8 Å². The van der Waals surface area contributed by atoms with Crippen molar-refractivity contribution in [2.45, 2.75) is 66.0 Å². The molecule has 0 bridgehead atoms. The second kappa shape index (κ2) is 15.9. The van der Waals surface area contributed by atoms with E-state index in [2.05, 4.69) is 14.9 Å². The molecule has 2 aliphatic rings. The first-order chi connectivity index (χ1) is 18.4. The van der Waals surface area contributed by atoms with Crippen LogP contribution < -0.4 is 10.5 Å². The number of rotatable bonds is 6. The largest absolute Gasteiger partial charge is 0.489 e. The molecule has 2 aliphatic heterocycles. The maximum absolute atomic E-state index is 13.6. The summed E-state index contributed by atoms with van der Waals surface area (Å²) in [5.74, 6) is -0.371. The molecule has 3 heterocycles. The molecule has 38 heavy (non-hydrogen) atoms. The molecule has 0 unspecified atom stereocenters. The van der Waals surface area contributed by atoms with Crippen molar-refractivity contribution in [2.75, 3.05) is 39.0 Å². The summed E-state index contributed by atoms with van der Waals surface area (Å²) in [5.41, 5.74) is 6.62. The highest BCUT2D eigenvalue weighted by Gasteiger charge is 2.32. The second-order valence-electron chi connectivity index (χ2n) is 8.77. The van der Waals surface area contributed by atoms with E-state index in [1.807, 2.05) is 32.6 Å². The Hall–Kier alpha value is -3.27. The number of nitrogen functional groups attached to an aromatic ring is 1. The number of hydrogen-bond acceptors (Lipinski definition) is 8. The number of benzene rings is 1. The second-order valence-corrected chi connectivity index (χ2v) is 8.77. The van der Waals surface area contributed by atoms with E-state index in [9.17, 15) is 14.0 Å². The first kappa shape index (κ1) is 31.0. The van der Waals surface area contributed by atoms with Crippen LogP contribution in [0.3, 0.4) is 0 Å². The molecule has 0 spiro atoms. The molecule has 4 rings (SSSR count). The smallest absolute Gasteiger partial charge is 0.341 e. The summed E-state index contributed by atoms with van der Waals surface area (Å²) in [4.78, 5) is 37.3. The molecule has 2 fully saturated rings. The molecule has 2 saturated heterocycles. The molecule has 0 saturated carbocycles. The third-order valence-corrected chi connectivity index (χ3v) is 6.46. The fourth-order valence-corrected chi connectivity index (χ4v) is 4.55. The highest BCUT2D eigenvalue weighted by atomic mass is 19.1. The molecule has 0 aliphatic carbocycles. The number of piperidine rings is 2. The van der Waals surface area contributed by atoms with E-state index in [0.29, 0.717) is 31.7 Å². The molecular weight excluding hydrogens is 489 g/mol. The molecule has 1 amide bonds. The summed E-state index contributed by atoms with van der Waals surface area (Å²) >= 11 is 0. The Balaban J connectivity index is 0.00000121. The van der Waals surface area contributed by atoms with Gasteiger partial charge in [0.25, 0.3) is 0 Å². The van der Waals surface area contributed by atoms with Gasteiger partial charge in [-0.25, -0.2) is 19.2 Å². The number of aromatic nitrogens is 2. The van der Waals surface area contributed by atoms with Crippen molar-refractivity contribution in [3.63, 3.8) is 0 Å². The van der Waals surface area contributed by atoms with Crippen LogP contribution in [0.2, 0.25) is 0 Å². The van der Waals surface area contributed by atoms with Crippen LogP contribution in [0.4, 0.5) is 10.3 Å². The summed E-state index contributed by atoms with van der Waals surface area (Å²) in [6.07, 6.45) is 6.28. The van der Waals surface area contributed by atoms with E-state index in [1.165, 1.54) is 19.2 Å². The number of anilines is 1. The summed E-state index contributed by atoms with van der Waals surface area (Å²) in [7, 11) is 1.25. The Kier molecular flexibility index (Phi) is 12.9. The number of esters is 1. The van der Waals surface area contributed by atoms with Gasteiger partial charge in [-0.1, -0.05) is 27.7 Å². The zero-order chi connectivity index (χ0) is 28.1. The van der Waals surface area contributed by atoms with Crippen molar-refractivity contribution in [2.24, 2.45) is 5.92 Å². The van der Waals surface area contributed by atoms with Gasteiger partial charge in [-0.05, 0) is 44.1 Å². The Morgan fingerprint density at radius 3 is 2.18 bits per heavy atom. The van der Waals surface area contributed by atoms with Crippen LogP contribution in [-0.2, 0) is 16.1 Å². The van der Waals surface area contributed by atoms with Crippen molar-refractivity contribution in [1.29, 1.82) is 0 Å². The van der Waals surface area contributed by atoms with Crippen LogP contribution in [-0.4, -0.2) is 71.0 Å². The van der Waals surface area contributed by atoms with Crippen LogP contribution in [0.25, 0.3) is 0 Å². The third-order valence-electron chi connectivity index (χ3n) is 6.46. The fraction of sp³-hybridized carbons (Fsp3) is 0.571. The maximum atomic E-state index is 13.6. The number of carbonyl (C=O) groups is 2. The molecule has 1 aromatic carbocycles. The molecule has 10 heteroatoms. The monoisotopic (exact) mass is 531 g/mol. The van der Waals surface area contributed by atoms with Crippen molar-refractivity contribution < 1.29 is 23.5 Å². The Bertz CT molecular complexity index is 1000. The molecule has 1 aromatic heterocycles. The lowest BCUT2D eigenvalue weighted by molar-refractivity contribution is -0.139. The Labute approximate surface area is 225 Å². The average molecular weight is 532 g/mol. The normalized spacial score (nSPS) is 16.4. The van der Waals surface area contributed by atoms with Crippen molar-refractivity contribution in [3.8, 4) is 5.75 Å². The predicted octanol–water partition coefficient (Wildman–Crippen LogP) is 4.32. The van der Waals surface area contributed by atoms with Gasteiger partial charge >= 0.3 is 5.97 Å². The van der Waals surface area contributed by atoms with E-state index < -0.39 is 11.8 Å². The van der Waals surface area contributed by atoms with E-state index >= 15 is 0 Å². The van der Waals surface area contributed by atoms with Gasteiger partial charge < -0.3 is 20.1 Å². The molecule has 0 radical (unpaired) electrons. The Morgan fingerprint density at radius 2 is 1.61 bits per heavy atom. The van der Waals surface area contributed by atoms with E-state index in [0.717, 1.165) is 44.1 Å². The number of amides is 1. The lowest BCUT2D eigenvalue weighted by Crippen LogP contribution is -2.47. The number of hydrogen-bond donors (Lipinski definition) is 1. The van der Waals surface area contributed by atoms with Gasteiger partial charge in [0.1, 0.15) is 23.2 Å². The number of nitrogens with zero attached hydrogens (tertiary/aromatic N) is 4. The van der Waals surface area contributed by atoms with Crippen LogP contribution in [0.1, 0.15) is 69.3 Å². The topological polar surface area (TPSA) is 111 Å². The van der Waals surface area contributed by atoms with Crippen LogP contribution in [0, 0.1) is 11.7 Å². The van der Waals surface area contributed by atoms with Crippen LogP contribution >= 0.6 is 0 Å². The molecule has 210 valence electrons. The lowest BCUT2D eigenvalue weighted by atomic mass is 9.94. The first-order valence-electron chi connectivity index (χ1n) is 13.5. The zero-order valence-corrected chi connectivity index (χ0v) is 23.3.